The van der Waals surface area contributed by atoms with Gasteiger partial charge in [0.15, 0.2) is 5.78 Å². The lowest BCUT2D eigenvalue weighted by molar-refractivity contribution is -0.141. The second kappa shape index (κ2) is 8.17. The third kappa shape index (κ3) is 3.96. The minimum absolute atomic E-state index is 0.0940. The molecule has 0 saturated carbocycles. The average Bonchev–Trinajstić information content (AvgIpc) is 2.94. The van der Waals surface area contributed by atoms with Crippen molar-refractivity contribution in [1.29, 1.82) is 0 Å². The van der Waals surface area contributed by atoms with Crippen LogP contribution in [0.3, 0.4) is 0 Å². The van der Waals surface area contributed by atoms with E-state index in [0.29, 0.717) is 6.61 Å². The largest absolute Gasteiger partial charge is 0.466 e. The first-order chi connectivity index (χ1) is 12.6. The number of esters is 1. The van der Waals surface area contributed by atoms with E-state index in [1.54, 1.807) is 6.92 Å². The van der Waals surface area contributed by atoms with Crippen molar-refractivity contribution in [2.75, 3.05) is 6.61 Å². The summed E-state index contributed by atoms with van der Waals surface area (Å²) in [4.78, 5) is 22.5. The average molecular weight is 351 g/mol. The van der Waals surface area contributed by atoms with Crippen molar-refractivity contribution in [2.45, 2.75) is 46.1 Å². The van der Waals surface area contributed by atoms with Crippen molar-refractivity contribution in [2.24, 2.45) is 0 Å². The molecule has 0 radical (unpaired) electrons. The zero-order valence-corrected chi connectivity index (χ0v) is 15.5. The van der Waals surface area contributed by atoms with Gasteiger partial charge in [0.2, 0.25) is 0 Å². The summed E-state index contributed by atoms with van der Waals surface area (Å²) < 4.78 is 7.32. The Labute approximate surface area is 153 Å². The van der Waals surface area contributed by atoms with Gasteiger partial charge in [0.1, 0.15) is 0 Å². The third-order valence-corrected chi connectivity index (χ3v) is 4.76. The Morgan fingerprint density at radius 3 is 2.38 bits per heavy atom. The van der Waals surface area contributed by atoms with Gasteiger partial charge < -0.3 is 9.30 Å². The number of hydrogen-bond acceptors (Lipinski definition) is 3. The highest BCUT2D eigenvalue weighted by Gasteiger charge is 2.11. The second-order valence-electron chi connectivity index (χ2n) is 6.71. The van der Waals surface area contributed by atoms with Crippen molar-refractivity contribution >= 4 is 33.6 Å². The van der Waals surface area contributed by atoms with E-state index in [1.165, 1.54) is 23.3 Å². The van der Waals surface area contributed by atoms with Crippen LogP contribution in [0.15, 0.2) is 42.5 Å². The lowest BCUT2D eigenvalue weighted by Gasteiger charge is -2.08. The van der Waals surface area contributed by atoms with Crippen LogP contribution in [0.4, 0.5) is 0 Å². The van der Waals surface area contributed by atoms with Gasteiger partial charge in [-0.05, 0) is 50.5 Å². The van der Waals surface area contributed by atoms with Gasteiger partial charge in [-0.15, -0.1) is 0 Å². The molecule has 0 aliphatic rings. The van der Waals surface area contributed by atoms with E-state index in [2.05, 4.69) is 28.8 Å². The Hall–Kier alpha value is -2.62. The molecule has 4 heteroatoms. The van der Waals surface area contributed by atoms with Crippen molar-refractivity contribution in [3.05, 3.63) is 48.0 Å². The number of benzene rings is 2. The summed E-state index contributed by atoms with van der Waals surface area (Å²) in [5, 5.41) is 2.34. The maximum atomic E-state index is 11.7. The first kappa shape index (κ1) is 18.2. The summed E-state index contributed by atoms with van der Waals surface area (Å²) in [5.74, 6) is -0.114. The molecule has 0 aliphatic carbocycles. The van der Waals surface area contributed by atoms with Crippen LogP contribution in [0.1, 0.15) is 49.9 Å². The number of carbonyl (C=O) groups excluding carboxylic acids is 2. The normalized spacial score (nSPS) is 11.2. The quantitative estimate of drug-likeness (QED) is 0.321. The van der Waals surface area contributed by atoms with E-state index in [-0.39, 0.29) is 11.8 Å². The number of nitrogens with zero attached hydrogens (tertiary/aromatic N) is 1. The van der Waals surface area contributed by atoms with E-state index in [0.717, 1.165) is 43.2 Å². The van der Waals surface area contributed by atoms with Crippen molar-refractivity contribution in [1.82, 2.24) is 4.57 Å². The number of hydrogen-bond donors (Lipinski definition) is 0. The Morgan fingerprint density at radius 2 is 1.62 bits per heavy atom. The topological polar surface area (TPSA) is 48.3 Å². The molecule has 136 valence electrons. The molecule has 4 nitrogen and oxygen atoms in total. The molecule has 0 fully saturated rings. The highest BCUT2D eigenvalue weighted by molar-refractivity contribution is 6.10. The van der Waals surface area contributed by atoms with Gasteiger partial charge in [0.05, 0.1) is 6.61 Å². The predicted molar refractivity (Wildman–Crippen MR) is 105 cm³/mol. The number of para-hydroxylation sites is 1. The number of carbonyl (C=O) groups is 2. The van der Waals surface area contributed by atoms with Crippen LogP contribution in [0.25, 0.3) is 21.8 Å². The number of Topliss-reactive ketones (excluding diaryl/α,β-unsaturated/α-hetero) is 1. The molecule has 3 rings (SSSR count). The first-order valence-corrected chi connectivity index (χ1v) is 9.23. The Morgan fingerprint density at radius 1 is 0.885 bits per heavy atom. The van der Waals surface area contributed by atoms with Crippen LogP contribution < -0.4 is 0 Å². The molecule has 0 N–H and O–H groups in total. The summed E-state index contributed by atoms with van der Waals surface area (Å²) in [5.41, 5.74) is 3.14. The zero-order valence-electron chi connectivity index (χ0n) is 15.5. The number of rotatable bonds is 8. The molecular weight excluding hydrogens is 326 g/mol. The maximum Gasteiger partial charge on any atom is 0.302 e. The molecule has 0 bridgehead atoms. The molecular formula is C22H25NO3. The minimum Gasteiger partial charge on any atom is -0.466 e. The SMILES string of the molecule is CC(=O)OCCCCCCn1c2ccccc2c2cc(C(C)=O)ccc21. The fourth-order valence-electron chi connectivity index (χ4n) is 3.46. The van der Waals surface area contributed by atoms with E-state index >= 15 is 0 Å². The summed E-state index contributed by atoms with van der Waals surface area (Å²) >= 11 is 0. The number of unbranched alkanes of at least 4 members (excludes halogenated alkanes) is 3. The molecule has 0 unspecified atom stereocenters. The summed E-state index contributed by atoms with van der Waals surface area (Å²) in [6.45, 7) is 4.51. The zero-order chi connectivity index (χ0) is 18.5. The van der Waals surface area contributed by atoms with Crippen LogP contribution >= 0.6 is 0 Å². The van der Waals surface area contributed by atoms with Gasteiger partial charge in [0.25, 0.3) is 0 Å². The van der Waals surface area contributed by atoms with Crippen molar-refractivity contribution in [3.8, 4) is 0 Å². The molecule has 0 saturated heterocycles. The lowest BCUT2D eigenvalue weighted by Crippen LogP contribution is -2.01. The second-order valence-corrected chi connectivity index (χ2v) is 6.71. The third-order valence-electron chi connectivity index (χ3n) is 4.76. The standard InChI is InChI=1S/C22H25NO3/c1-16(24)18-11-12-22-20(15-18)19-9-5-6-10-21(19)23(22)13-7-3-4-8-14-26-17(2)25/h5-6,9-12,15H,3-4,7-8,13-14H2,1-2H3. The van der Waals surface area contributed by atoms with Crippen LogP contribution in [0, 0.1) is 0 Å². The Bertz CT molecular complexity index is 939. The summed E-state index contributed by atoms with van der Waals surface area (Å²) in [6, 6.07) is 14.4. The van der Waals surface area contributed by atoms with Gasteiger partial charge in [0, 0.05) is 40.8 Å². The smallest absolute Gasteiger partial charge is 0.302 e. The van der Waals surface area contributed by atoms with E-state index in [9.17, 15) is 9.59 Å². The van der Waals surface area contributed by atoms with Gasteiger partial charge in [-0.2, -0.15) is 0 Å². The first-order valence-electron chi connectivity index (χ1n) is 9.23. The number of fused-ring (bicyclic) bond motifs is 3. The van der Waals surface area contributed by atoms with Crippen LogP contribution in [0.5, 0.6) is 0 Å². The van der Waals surface area contributed by atoms with E-state index in [1.807, 2.05) is 18.2 Å². The van der Waals surface area contributed by atoms with Gasteiger partial charge >= 0.3 is 5.97 Å². The fourth-order valence-corrected chi connectivity index (χ4v) is 3.46. The molecule has 0 amide bonds. The Balaban J connectivity index is 1.75. The molecule has 0 atom stereocenters. The number of aromatic nitrogens is 1. The predicted octanol–water partition coefficient (Wildman–Crippen LogP) is 5.12. The van der Waals surface area contributed by atoms with Crippen LogP contribution in [-0.4, -0.2) is 22.9 Å². The fraction of sp³-hybridized carbons (Fsp3) is 0.364. The Kier molecular flexibility index (Phi) is 5.71. The van der Waals surface area contributed by atoms with Crippen molar-refractivity contribution < 1.29 is 14.3 Å². The highest BCUT2D eigenvalue weighted by Crippen LogP contribution is 2.30. The molecule has 26 heavy (non-hydrogen) atoms. The molecule has 3 aromatic rings. The lowest BCUT2D eigenvalue weighted by atomic mass is 10.1. The summed E-state index contributed by atoms with van der Waals surface area (Å²) in [6.07, 6.45) is 4.14. The molecule has 1 aromatic heterocycles. The van der Waals surface area contributed by atoms with Gasteiger partial charge in [-0.25, -0.2) is 0 Å². The molecule has 0 aliphatic heterocycles. The maximum absolute atomic E-state index is 11.7. The minimum atomic E-state index is -0.208. The number of ether oxygens (including phenoxy) is 1. The number of aryl methyl sites for hydroxylation is 1. The molecule has 0 spiro atoms. The highest BCUT2D eigenvalue weighted by atomic mass is 16.5. The molecule has 2 aromatic carbocycles. The number of ketones is 1. The van der Waals surface area contributed by atoms with E-state index < -0.39 is 0 Å². The van der Waals surface area contributed by atoms with Gasteiger partial charge in [-0.1, -0.05) is 24.6 Å². The van der Waals surface area contributed by atoms with Crippen molar-refractivity contribution in [3.63, 3.8) is 0 Å². The monoisotopic (exact) mass is 351 g/mol. The van der Waals surface area contributed by atoms with E-state index in [4.69, 9.17) is 4.74 Å². The van der Waals surface area contributed by atoms with Crippen LogP contribution in [-0.2, 0) is 16.1 Å². The van der Waals surface area contributed by atoms with Crippen LogP contribution in [0.2, 0.25) is 0 Å². The van der Waals surface area contributed by atoms with Gasteiger partial charge in [-0.3, -0.25) is 9.59 Å². The molecule has 1 heterocycles. The summed E-state index contributed by atoms with van der Waals surface area (Å²) in [7, 11) is 0.